The second kappa shape index (κ2) is 5.78. The van der Waals surface area contributed by atoms with Crippen molar-refractivity contribution in [3.05, 3.63) is 51.5 Å². The molecule has 0 atom stereocenters. The Labute approximate surface area is 110 Å². The van der Waals surface area contributed by atoms with Gasteiger partial charge in [0.2, 0.25) is 0 Å². The maximum Gasteiger partial charge on any atom is 0.347 e. The van der Waals surface area contributed by atoms with Gasteiger partial charge in [-0.1, -0.05) is 31.2 Å². The molecule has 0 aliphatic heterocycles. The van der Waals surface area contributed by atoms with Gasteiger partial charge in [-0.2, -0.15) is 0 Å². The largest absolute Gasteiger partial charge is 0.477 e. The standard InChI is InChI=1S/C14H15NO2S/c1-2-10-3-5-11(6-4-10)7-8-12-13(14(16)17)18-9-15-12/h3-6,9H,2,7-8H2,1H3,(H,16,17). The summed E-state index contributed by atoms with van der Waals surface area (Å²) in [6, 6.07) is 8.44. The molecule has 1 N–H and O–H groups in total. The maximum absolute atomic E-state index is 10.9. The molecule has 2 aromatic rings. The minimum Gasteiger partial charge on any atom is -0.477 e. The predicted octanol–water partition coefficient (Wildman–Crippen LogP) is 3.19. The molecule has 0 amide bonds. The van der Waals surface area contributed by atoms with Crippen LogP contribution in [0.2, 0.25) is 0 Å². The third kappa shape index (κ3) is 2.96. The number of carboxylic acids is 1. The molecule has 3 nitrogen and oxygen atoms in total. The normalized spacial score (nSPS) is 10.5. The number of hydrogen-bond acceptors (Lipinski definition) is 3. The number of carbonyl (C=O) groups is 1. The van der Waals surface area contributed by atoms with E-state index in [0.29, 0.717) is 17.0 Å². The van der Waals surface area contributed by atoms with Gasteiger partial charge in [-0.25, -0.2) is 9.78 Å². The molecule has 1 heterocycles. The second-order valence-corrected chi connectivity index (χ2v) is 4.96. The predicted molar refractivity (Wildman–Crippen MR) is 72.3 cm³/mol. The Morgan fingerprint density at radius 1 is 1.22 bits per heavy atom. The van der Waals surface area contributed by atoms with Crippen LogP contribution in [0.25, 0.3) is 0 Å². The van der Waals surface area contributed by atoms with Gasteiger partial charge in [-0.15, -0.1) is 11.3 Å². The smallest absolute Gasteiger partial charge is 0.347 e. The number of aromatic carboxylic acids is 1. The summed E-state index contributed by atoms with van der Waals surface area (Å²) >= 11 is 1.19. The van der Waals surface area contributed by atoms with Crippen molar-refractivity contribution in [3.8, 4) is 0 Å². The highest BCUT2D eigenvalue weighted by molar-refractivity contribution is 7.11. The number of rotatable bonds is 5. The summed E-state index contributed by atoms with van der Waals surface area (Å²) < 4.78 is 0. The van der Waals surface area contributed by atoms with Crippen LogP contribution in [0.15, 0.2) is 29.8 Å². The molecule has 0 radical (unpaired) electrons. The molecule has 4 heteroatoms. The third-order valence-electron chi connectivity index (χ3n) is 2.92. The van der Waals surface area contributed by atoms with Gasteiger partial charge >= 0.3 is 5.97 Å². The molecule has 0 bridgehead atoms. The Kier molecular flexibility index (Phi) is 4.10. The summed E-state index contributed by atoms with van der Waals surface area (Å²) in [6.45, 7) is 2.13. The number of carboxylic acid groups (broad SMARTS) is 1. The number of benzene rings is 1. The first-order valence-corrected chi connectivity index (χ1v) is 6.82. The highest BCUT2D eigenvalue weighted by Crippen LogP contribution is 2.16. The molecule has 0 spiro atoms. The Bertz CT molecular complexity index is 531. The van der Waals surface area contributed by atoms with Crippen LogP contribution in [0.3, 0.4) is 0 Å². The summed E-state index contributed by atoms with van der Waals surface area (Å²) in [5, 5.41) is 8.99. The van der Waals surface area contributed by atoms with E-state index in [4.69, 9.17) is 5.11 Å². The number of thiazole rings is 1. The van der Waals surface area contributed by atoms with Crippen molar-refractivity contribution in [2.45, 2.75) is 26.2 Å². The number of aromatic nitrogens is 1. The molecule has 0 fully saturated rings. The van der Waals surface area contributed by atoms with E-state index in [1.54, 1.807) is 5.51 Å². The van der Waals surface area contributed by atoms with Crippen LogP contribution in [0.4, 0.5) is 0 Å². The monoisotopic (exact) mass is 261 g/mol. The summed E-state index contributed by atoms with van der Waals surface area (Å²) in [6.07, 6.45) is 2.54. The number of aryl methyl sites for hydroxylation is 3. The van der Waals surface area contributed by atoms with E-state index in [-0.39, 0.29) is 0 Å². The van der Waals surface area contributed by atoms with Gasteiger partial charge in [-0.3, -0.25) is 0 Å². The minimum atomic E-state index is -0.881. The Hall–Kier alpha value is -1.68. The zero-order chi connectivity index (χ0) is 13.0. The minimum absolute atomic E-state index is 0.361. The van der Waals surface area contributed by atoms with Crippen molar-refractivity contribution >= 4 is 17.3 Å². The average Bonchev–Trinajstić information content (AvgIpc) is 2.85. The number of hydrogen-bond donors (Lipinski definition) is 1. The van der Waals surface area contributed by atoms with Gasteiger partial charge in [-0.05, 0) is 30.4 Å². The fourth-order valence-corrected chi connectivity index (χ4v) is 2.50. The van der Waals surface area contributed by atoms with Gasteiger partial charge in [0, 0.05) is 0 Å². The lowest BCUT2D eigenvalue weighted by atomic mass is 10.0. The fourth-order valence-electron chi connectivity index (χ4n) is 1.83. The van der Waals surface area contributed by atoms with Crippen LogP contribution < -0.4 is 0 Å². The lowest BCUT2D eigenvalue weighted by Gasteiger charge is -2.02. The van der Waals surface area contributed by atoms with Crippen LogP contribution in [-0.2, 0) is 19.3 Å². The van der Waals surface area contributed by atoms with Crippen molar-refractivity contribution in [1.29, 1.82) is 0 Å². The van der Waals surface area contributed by atoms with Gasteiger partial charge in [0.05, 0.1) is 11.2 Å². The molecule has 0 aliphatic carbocycles. The van der Waals surface area contributed by atoms with Crippen molar-refractivity contribution in [3.63, 3.8) is 0 Å². The lowest BCUT2D eigenvalue weighted by molar-refractivity contribution is 0.0700. The highest BCUT2D eigenvalue weighted by atomic mass is 32.1. The van der Waals surface area contributed by atoms with E-state index < -0.39 is 5.97 Å². The molecular formula is C14H15NO2S. The molecule has 94 valence electrons. The Balaban J connectivity index is 2.02. The zero-order valence-electron chi connectivity index (χ0n) is 10.2. The quantitative estimate of drug-likeness (QED) is 0.899. The van der Waals surface area contributed by atoms with Crippen molar-refractivity contribution in [1.82, 2.24) is 4.98 Å². The molecular weight excluding hydrogens is 246 g/mol. The first-order valence-electron chi connectivity index (χ1n) is 5.94. The van der Waals surface area contributed by atoms with Crippen LogP contribution in [0.5, 0.6) is 0 Å². The molecule has 1 aromatic heterocycles. The van der Waals surface area contributed by atoms with Gasteiger partial charge in [0.1, 0.15) is 4.88 Å². The summed E-state index contributed by atoms with van der Waals surface area (Å²) in [4.78, 5) is 15.4. The van der Waals surface area contributed by atoms with Crippen LogP contribution in [0.1, 0.15) is 33.4 Å². The topological polar surface area (TPSA) is 50.2 Å². The van der Waals surface area contributed by atoms with E-state index in [2.05, 4.69) is 36.2 Å². The van der Waals surface area contributed by atoms with Crippen LogP contribution >= 0.6 is 11.3 Å². The van der Waals surface area contributed by atoms with E-state index in [9.17, 15) is 4.79 Å². The van der Waals surface area contributed by atoms with Gasteiger partial charge in [0.15, 0.2) is 0 Å². The number of nitrogens with zero attached hydrogens (tertiary/aromatic N) is 1. The molecule has 1 aromatic carbocycles. The summed E-state index contributed by atoms with van der Waals surface area (Å²) in [5.41, 5.74) is 4.82. The van der Waals surface area contributed by atoms with E-state index in [1.807, 2.05) is 0 Å². The zero-order valence-corrected chi connectivity index (χ0v) is 11.0. The summed E-state index contributed by atoms with van der Waals surface area (Å²) in [5.74, 6) is -0.881. The van der Waals surface area contributed by atoms with E-state index in [1.165, 1.54) is 22.5 Å². The Morgan fingerprint density at radius 2 is 1.89 bits per heavy atom. The van der Waals surface area contributed by atoms with E-state index >= 15 is 0 Å². The van der Waals surface area contributed by atoms with Crippen molar-refractivity contribution < 1.29 is 9.90 Å². The molecule has 2 rings (SSSR count). The SMILES string of the molecule is CCc1ccc(CCc2ncsc2C(=O)O)cc1. The molecule has 0 aliphatic rings. The lowest BCUT2D eigenvalue weighted by Crippen LogP contribution is -2.01. The third-order valence-corrected chi connectivity index (χ3v) is 3.77. The first kappa shape index (κ1) is 12.8. The molecule has 0 saturated heterocycles. The molecule has 18 heavy (non-hydrogen) atoms. The average molecular weight is 261 g/mol. The van der Waals surface area contributed by atoms with Crippen molar-refractivity contribution in [2.75, 3.05) is 0 Å². The summed E-state index contributed by atoms with van der Waals surface area (Å²) in [7, 11) is 0. The maximum atomic E-state index is 10.9. The van der Waals surface area contributed by atoms with Crippen LogP contribution in [-0.4, -0.2) is 16.1 Å². The van der Waals surface area contributed by atoms with E-state index in [0.717, 1.165) is 12.8 Å². The first-order chi connectivity index (χ1) is 8.70. The van der Waals surface area contributed by atoms with Crippen molar-refractivity contribution in [2.24, 2.45) is 0 Å². The second-order valence-electron chi connectivity index (χ2n) is 4.10. The van der Waals surface area contributed by atoms with Gasteiger partial charge < -0.3 is 5.11 Å². The van der Waals surface area contributed by atoms with Gasteiger partial charge in [0.25, 0.3) is 0 Å². The Morgan fingerprint density at radius 3 is 2.50 bits per heavy atom. The van der Waals surface area contributed by atoms with Crippen LogP contribution in [0, 0.1) is 0 Å². The fraction of sp³-hybridized carbons (Fsp3) is 0.286. The highest BCUT2D eigenvalue weighted by Gasteiger charge is 2.12. The molecule has 0 unspecified atom stereocenters. The molecule has 0 saturated carbocycles.